The second-order valence-corrected chi connectivity index (χ2v) is 8.25. The molecule has 7 heteroatoms. The topological polar surface area (TPSA) is 70.1 Å². The second kappa shape index (κ2) is 8.10. The van der Waals surface area contributed by atoms with Gasteiger partial charge in [0.05, 0.1) is 31.3 Å². The molecule has 0 aromatic heterocycles. The van der Waals surface area contributed by atoms with Crippen LogP contribution in [0.3, 0.4) is 0 Å². The minimum Gasteiger partial charge on any atom is -0.497 e. The maximum absolute atomic E-state index is 11.4. The zero-order chi connectivity index (χ0) is 16.9. The quantitative estimate of drug-likeness (QED) is 0.773. The van der Waals surface area contributed by atoms with E-state index in [9.17, 15) is 13.5 Å². The van der Waals surface area contributed by atoms with Crippen molar-refractivity contribution in [2.24, 2.45) is 0 Å². The van der Waals surface area contributed by atoms with Gasteiger partial charge in [-0.3, -0.25) is 4.90 Å². The summed E-state index contributed by atoms with van der Waals surface area (Å²) in [6, 6.07) is 7.63. The third kappa shape index (κ3) is 5.17. The molecule has 1 aliphatic heterocycles. The van der Waals surface area contributed by atoms with Crippen LogP contribution in [-0.2, 0) is 9.84 Å². The first-order valence-electron chi connectivity index (χ1n) is 7.83. The summed E-state index contributed by atoms with van der Waals surface area (Å²) in [5.74, 6) is 1.29. The molecule has 0 bridgehead atoms. The Morgan fingerprint density at radius 2 is 1.87 bits per heavy atom. The number of hydrogen-bond acceptors (Lipinski definition) is 6. The molecule has 1 aromatic carbocycles. The summed E-state index contributed by atoms with van der Waals surface area (Å²) in [5.41, 5.74) is 1.04. The molecule has 1 unspecified atom stereocenters. The first-order chi connectivity index (χ1) is 10.9. The Hall–Kier alpha value is -1.15. The average molecular weight is 342 g/mol. The molecule has 1 saturated heterocycles. The van der Waals surface area contributed by atoms with E-state index in [2.05, 4.69) is 9.80 Å². The van der Waals surface area contributed by atoms with Gasteiger partial charge in [-0.05, 0) is 24.7 Å². The van der Waals surface area contributed by atoms with Gasteiger partial charge in [0.25, 0.3) is 0 Å². The largest absolute Gasteiger partial charge is 0.497 e. The Morgan fingerprint density at radius 3 is 2.39 bits per heavy atom. The summed E-state index contributed by atoms with van der Waals surface area (Å²) in [5, 5.41) is 9.72. The molecule has 0 radical (unpaired) electrons. The minimum atomic E-state index is -2.83. The number of sulfone groups is 1. The fourth-order valence-electron chi connectivity index (χ4n) is 2.75. The van der Waals surface area contributed by atoms with Crippen molar-refractivity contribution in [3.63, 3.8) is 0 Å². The predicted octanol–water partition coefficient (Wildman–Crippen LogP) is 0.391. The summed E-state index contributed by atoms with van der Waals surface area (Å²) in [7, 11) is 0.774. The molecule has 1 aromatic rings. The number of nitrogens with zero attached hydrogens (tertiary/aromatic N) is 2. The van der Waals surface area contributed by atoms with E-state index in [0.29, 0.717) is 13.1 Å². The third-order valence-electron chi connectivity index (χ3n) is 4.41. The highest BCUT2D eigenvalue weighted by Gasteiger charge is 2.22. The Labute approximate surface area is 138 Å². The fraction of sp³-hybridized carbons (Fsp3) is 0.625. The van der Waals surface area contributed by atoms with Gasteiger partial charge in [0.2, 0.25) is 0 Å². The molecule has 0 spiro atoms. The molecule has 2 rings (SSSR count). The lowest BCUT2D eigenvalue weighted by molar-refractivity contribution is 0.133. The maximum atomic E-state index is 11.4. The molecule has 130 valence electrons. The van der Waals surface area contributed by atoms with Crippen LogP contribution in [0.5, 0.6) is 5.75 Å². The first-order valence-corrected chi connectivity index (χ1v) is 9.65. The molecule has 1 heterocycles. The molecule has 1 fully saturated rings. The number of hydrogen-bond donors (Lipinski definition) is 1. The van der Waals surface area contributed by atoms with Gasteiger partial charge in [-0.25, -0.2) is 8.42 Å². The lowest BCUT2D eigenvalue weighted by atomic mass is 10.1. The molecule has 23 heavy (non-hydrogen) atoms. The first kappa shape index (κ1) is 18.2. The number of likely N-dealkylation sites (N-methyl/N-ethyl adjacent to an activating group) is 1. The molecule has 1 N–H and O–H groups in total. The van der Waals surface area contributed by atoms with Gasteiger partial charge in [-0.15, -0.1) is 0 Å². The van der Waals surface area contributed by atoms with Crippen LogP contribution in [0.25, 0.3) is 0 Å². The van der Waals surface area contributed by atoms with Gasteiger partial charge in [-0.1, -0.05) is 12.1 Å². The molecule has 0 amide bonds. The number of aliphatic hydroxyl groups excluding tert-OH is 1. The van der Waals surface area contributed by atoms with Crippen LogP contribution in [0.1, 0.15) is 11.6 Å². The van der Waals surface area contributed by atoms with Crippen LogP contribution in [-0.4, -0.2) is 81.8 Å². The van der Waals surface area contributed by atoms with Crippen molar-refractivity contribution in [2.75, 3.05) is 58.4 Å². The number of benzene rings is 1. The zero-order valence-corrected chi connectivity index (χ0v) is 14.6. The van der Waals surface area contributed by atoms with E-state index in [1.54, 1.807) is 7.11 Å². The van der Waals surface area contributed by atoms with E-state index >= 15 is 0 Å². The van der Waals surface area contributed by atoms with Gasteiger partial charge >= 0.3 is 0 Å². The minimum absolute atomic E-state index is 0.0389. The second-order valence-electron chi connectivity index (χ2n) is 5.95. The van der Waals surface area contributed by atoms with Gasteiger partial charge in [0.1, 0.15) is 5.75 Å². The van der Waals surface area contributed by atoms with E-state index < -0.39 is 9.84 Å². The van der Waals surface area contributed by atoms with Gasteiger partial charge in [0, 0.05) is 26.2 Å². The van der Waals surface area contributed by atoms with E-state index in [1.165, 1.54) is 0 Å². The normalized spacial score (nSPS) is 19.7. The van der Waals surface area contributed by atoms with Crippen LogP contribution >= 0.6 is 0 Å². The summed E-state index contributed by atoms with van der Waals surface area (Å²) in [6.07, 6.45) is 0. The highest BCUT2D eigenvalue weighted by molar-refractivity contribution is 7.91. The van der Waals surface area contributed by atoms with Crippen molar-refractivity contribution >= 4 is 9.84 Å². The van der Waals surface area contributed by atoms with E-state index in [-0.39, 0.29) is 24.2 Å². The van der Waals surface area contributed by atoms with Gasteiger partial charge in [0.15, 0.2) is 9.84 Å². The number of rotatable bonds is 7. The Morgan fingerprint density at radius 1 is 1.26 bits per heavy atom. The molecule has 0 saturated carbocycles. The third-order valence-corrected chi connectivity index (χ3v) is 6.02. The molecular formula is C16H26N2O4S. The summed E-state index contributed by atoms with van der Waals surface area (Å²) in [4.78, 5) is 4.27. The van der Waals surface area contributed by atoms with Crippen molar-refractivity contribution < 1.29 is 18.3 Å². The van der Waals surface area contributed by atoms with Gasteiger partial charge < -0.3 is 14.7 Å². The van der Waals surface area contributed by atoms with Crippen molar-refractivity contribution in [1.29, 1.82) is 0 Å². The molecular weight excluding hydrogens is 316 g/mol. The van der Waals surface area contributed by atoms with Crippen molar-refractivity contribution in [3.05, 3.63) is 29.8 Å². The Kier molecular flexibility index (Phi) is 6.41. The van der Waals surface area contributed by atoms with E-state index in [0.717, 1.165) is 24.4 Å². The fourth-order valence-corrected chi connectivity index (χ4v) is 4.03. The number of aliphatic hydroxyl groups is 1. The monoisotopic (exact) mass is 342 g/mol. The van der Waals surface area contributed by atoms with Crippen LogP contribution in [0.2, 0.25) is 0 Å². The lowest BCUT2D eigenvalue weighted by Gasteiger charge is -2.31. The summed E-state index contributed by atoms with van der Waals surface area (Å²) >= 11 is 0. The van der Waals surface area contributed by atoms with Crippen LogP contribution in [0.15, 0.2) is 24.3 Å². The van der Waals surface area contributed by atoms with E-state index in [4.69, 9.17) is 4.74 Å². The highest BCUT2D eigenvalue weighted by Crippen LogP contribution is 2.21. The number of ether oxygens (including phenoxy) is 1. The SMILES string of the molecule is COc1ccc(C(CO)N(C)CCN2CCS(=O)(=O)CC2)cc1. The highest BCUT2D eigenvalue weighted by atomic mass is 32.2. The standard InChI is InChI=1S/C16H26N2O4S/c1-17(7-8-18-9-11-23(20,21)12-10-18)16(13-19)14-3-5-15(22-2)6-4-14/h3-6,16,19H,7-13H2,1-2H3. The predicted molar refractivity (Wildman–Crippen MR) is 90.5 cm³/mol. The maximum Gasteiger partial charge on any atom is 0.152 e. The van der Waals surface area contributed by atoms with Gasteiger partial charge in [-0.2, -0.15) is 0 Å². The average Bonchev–Trinajstić information content (AvgIpc) is 2.55. The van der Waals surface area contributed by atoms with E-state index in [1.807, 2.05) is 31.3 Å². The van der Waals surface area contributed by atoms with Crippen molar-refractivity contribution in [1.82, 2.24) is 9.80 Å². The Balaban J connectivity index is 1.88. The molecule has 6 nitrogen and oxygen atoms in total. The van der Waals surface area contributed by atoms with Crippen LogP contribution < -0.4 is 4.74 Å². The molecule has 1 aliphatic rings. The summed E-state index contributed by atoms with van der Waals surface area (Å²) < 4.78 is 28.0. The molecule has 1 atom stereocenters. The lowest BCUT2D eigenvalue weighted by Crippen LogP contribution is -2.44. The number of methoxy groups -OCH3 is 1. The smallest absolute Gasteiger partial charge is 0.152 e. The van der Waals surface area contributed by atoms with Crippen LogP contribution in [0.4, 0.5) is 0 Å². The molecule has 0 aliphatic carbocycles. The van der Waals surface area contributed by atoms with Crippen molar-refractivity contribution in [2.45, 2.75) is 6.04 Å². The van der Waals surface area contributed by atoms with Crippen LogP contribution in [0, 0.1) is 0 Å². The summed E-state index contributed by atoms with van der Waals surface area (Å²) in [6.45, 7) is 2.82. The van der Waals surface area contributed by atoms with Crippen molar-refractivity contribution in [3.8, 4) is 5.75 Å². The zero-order valence-electron chi connectivity index (χ0n) is 13.8. The Bertz CT molecular complexity index is 575.